The highest BCUT2D eigenvalue weighted by molar-refractivity contribution is 6.32. The lowest BCUT2D eigenvalue weighted by atomic mass is 10.1. The van der Waals surface area contributed by atoms with Gasteiger partial charge in [0.25, 0.3) is 0 Å². The van der Waals surface area contributed by atoms with Crippen LogP contribution in [0.1, 0.15) is 24.1 Å². The summed E-state index contributed by atoms with van der Waals surface area (Å²) in [6.07, 6.45) is 0. The van der Waals surface area contributed by atoms with Gasteiger partial charge in [0.05, 0.1) is 5.02 Å². The van der Waals surface area contributed by atoms with Gasteiger partial charge in [-0.15, -0.1) is 0 Å². The molecule has 0 aliphatic carbocycles. The second kappa shape index (κ2) is 5.59. The fraction of sp³-hybridized carbons (Fsp3) is 0.200. The van der Waals surface area contributed by atoms with Crippen LogP contribution in [0.2, 0.25) is 5.02 Å². The highest BCUT2D eigenvalue weighted by Gasteiger charge is 2.09. The van der Waals surface area contributed by atoms with Crippen LogP contribution in [0.3, 0.4) is 0 Å². The molecule has 2 aromatic carbocycles. The Hall–Kier alpha value is -1.58. The number of benzene rings is 2. The summed E-state index contributed by atoms with van der Waals surface area (Å²) in [7, 11) is 0. The Balaban J connectivity index is 2.31. The molecule has 0 bridgehead atoms. The molecule has 19 heavy (non-hydrogen) atoms. The molecule has 4 heteroatoms. The lowest BCUT2D eigenvalue weighted by Gasteiger charge is -2.12. The molecule has 0 aliphatic heterocycles. The molecular formula is C15H15ClFNO. The van der Waals surface area contributed by atoms with Crippen LogP contribution in [0.25, 0.3) is 0 Å². The first-order chi connectivity index (χ1) is 8.97. The molecule has 2 rings (SSSR count). The minimum Gasteiger partial charge on any atom is -0.455 e. The maximum atomic E-state index is 13.2. The second-order valence-electron chi connectivity index (χ2n) is 4.49. The van der Waals surface area contributed by atoms with Crippen LogP contribution in [0.4, 0.5) is 4.39 Å². The first-order valence-corrected chi connectivity index (χ1v) is 6.34. The molecule has 100 valence electrons. The van der Waals surface area contributed by atoms with E-state index in [0.717, 1.165) is 11.1 Å². The van der Waals surface area contributed by atoms with Crippen LogP contribution in [0.5, 0.6) is 11.5 Å². The van der Waals surface area contributed by atoms with E-state index in [1.807, 2.05) is 19.9 Å². The van der Waals surface area contributed by atoms with Gasteiger partial charge in [0.15, 0.2) is 0 Å². The largest absolute Gasteiger partial charge is 0.455 e. The molecule has 0 spiro atoms. The predicted octanol–water partition coefficient (Wildman–Crippen LogP) is 4.60. The van der Waals surface area contributed by atoms with Gasteiger partial charge in [0, 0.05) is 12.1 Å². The lowest BCUT2D eigenvalue weighted by molar-refractivity contribution is 0.473. The molecule has 0 radical (unpaired) electrons. The van der Waals surface area contributed by atoms with Gasteiger partial charge >= 0.3 is 0 Å². The molecule has 2 N–H and O–H groups in total. The second-order valence-corrected chi connectivity index (χ2v) is 4.90. The average Bonchev–Trinajstić information content (AvgIpc) is 2.36. The van der Waals surface area contributed by atoms with Crippen molar-refractivity contribution < 1.29 is 9.13 Å². The number of ether oxygens (including phenoxy) is 1. The Morgan fingerprint density at radius 3 is 2.53 bits per heavy atom. The van der Waals surface area contributed by atoms with Crippen molar-refractivity contribution in [2.75, 3.05) is 0 Å². The molecule has 2 aromatic rings. The normalized spacial score (nSPS) is 12.3. The van der Waals surface area contributed by atoms with E-state index in [1.54, 1.807) is 18.2 Å². The molecule has 2 nitrogen and oxygen atoms in total. The van der Waals surface area contributed by atoms with E-state index in [1.165, 1.54) is 12.1 Å². The smallest absolute Gasteiger partial charge is 0.146 e. The Morgan fingerprint density at radius 2 is 1.89 bits per heavy atom. The van der Waals surface area contributed by atoms with E-state index in [2.05, 4.69) is 0 Å². The van der Waals surface area contributed by atoms with Crippen molar-refractivity contribution in [2.45, 2.75) is 19.9 Å². The van der Waals surface area contributed by atoms with Crippen molar-refractivity contribution in [3.8, 4) is 11.5 Å². The summed E-state index contributed by atoms with van der Waals surface area (Å²) in [4.78, 5) is 0. The minimum absolute atomic E-state index is 0.0949. The van der Waals surface area contributed by atoms with Gasteiger partial charge in [0.2, 0.25) is 0 Å². The third-order valence-electron chi connectivity index (χ3n) is 2.85. The third kappa shape index (κ3) is 3.25. The zero-order chi connectivity index (χ0) is 14.0. The van der Waals surface area contributed by atoms with Crippen molar-refractivity contribution in [3.63, 3.8) is 0 Å². The van der Waals surface area contributed by atoms with E-state index in [4.69, 9.17) is 22.1 Å². The molecule has 0 heterocycles. The molecule has 0 amide bonds. The van der Waals surface area contributed by atoms with E-state index in [-0.39, 0.29) is 11.9 Å². The Bertz CT molecular complexity index is 599. The van der Waals surface area contributed by atoms with Gasteiger partial charge in [-0.1, -0.05) is 23.7 Å². The summed E-state index contributed by atoms with van der Waals surface area (Å²) in [5.74, 6) is 0.596. The molecule has 1 atom stereocenters. The van der Waals surface area contributed by atoms with Crippen molar-refractivity contribution in [3.05, 3.63) is 58.4 Å². The van der Waals surface area contributed by atoms with Crippen molar-refractivity contribution >= 4 is 11.6 Å². The van der Waals surface area contributed by atoms with Gasteiger partial charge in [-0.05, 0) is 43.2 Å². The molecule has 0 aromatic heterocycles. The summed E-state index contributed by atoms with van der Waals surface area (Å²) < 4.78 is 18.8. The summed E-state index contributed by atoms with van der Waals surface area (Å²) in [5, 5.41) is 0.457. The quantitative estimate of drug-likeness (QED) is 0.891. The van der Waals surface area contributed by atoms with Gasteiger partial charge in [0.1, 0.15) is 17.3 Å². The van der Waals surface area contributed by atoms with Crippen molar-refractivity contribution in [1.29, 1.82) is 0 Å². The SMILES string of the molecule is Cc1ccc(F)cc1Oc1ccc([C@@H](C)N)cc1Cl. The van der Waals surface area contributed by atoms with Crippen LogP contribution in [0.15, 0.2) is 36.4 Å². The van der Waals surface area contributed by atoms with Crippen molar-refractivity contribution in [1.82, 2.24) is 0 Å². The Morgan fingerprint density at radius 1 is 1.16 bits per heavy atom. The van der Waals surface area contributed by atoms with Gasteiger partial charge < -0.3 is 10.5 Å². The Kier molecular flexibility index (Phi) is 4.08. The van der Waals surface area contributed by atoms with Crippen LogP contribution < -0.4 is 10.5 Å². The highest BCUT2D eigenvalue weighted by atomic mass is 35.5. The first kappa shape index (κ1) is 13.8. The monoisotopic (exact) mass is 279 g/mol. The van der Waals surface area contributed by atoms with Gasteiger partial charge in [-0.3, -0.25) is 0 Å². The zero-order valence-corrected chi connectivity index (χ0v) is 11.5. The van der Waals surface area contributed by atoms with E-state index >= 15 is 0 Å². The van der Waals surface area contributed by atoms with E-state index in [0.29, 0.717) is 16.5 Å². The van der Waals surface area contributed by atoms with Gasteiger partial charge in [-0.2, -0.15) is 0 Å². The number of aryl methyl sites for hydroxylation is 1. The van der Waals surface area contributed by atoms with Crippen LogP contribution in [-0.4, -0.2) is 0 Å². The number of hydrogen-bond donors (Lipinski definition) is 1. The number of rotatable bonds is 3. The van der Waals surface area contributed by atoms with Crippen molar-refractivity contribution in [2.24, 2.45) is 5.73 Å². The number of nitrogens with two attached hydrogens (primary N) is 1. The number of halogens is 2. The maximum absolute atomic E-state index is 13.2. The van der Waals surface area contributed by atoms with Crippen LogP contribution >= 0.6 is 11.6 Å². The molecular weight excluding hydrogens is 265 g/mol. The fourth-order valence-corrected chi connectivity index (χ4v) is 1.91. The summed E-state index contributed by atoms with van der Waals surface area (Å²) in [5.41, 5.74) is 7.55. The third-order valence-corrected chi connectivity index (χ3v) is 3.15. The molecule has 0 fully saturated rings. The van der Waals surface area contributed by atoms with Crippen LogP contribution in [0, 0.1) is 12.7 Å². The fourth-order valence-electron chi connectivity index (χ4n) is 1.69. The maximum Gasteiger partial charge on any atom is 0.146 e. The standard InChI is InChI=1S/C15H15ClFNO/c1-9-3-5-12(17)8-15(9)19-14-6-4-11(10(2)18)7-13(14)16/h3-8,10H,18H2,1-2H3/t10-/m1/s1. The summed E-state index contributed by atoms with van der Waals surface area (Å²) in [6, 6.07) is 9.65. The summed E-state index contributed by atoms with van der Waals surface area (Å²) in [6.45, 7) is 3.72. The van der Waals surface area contributed by atoms with E-state index in [9.17, 15) is 4.39 Å². The average molecular weight is 280 g/mol. The first-order valence-electron chi connectivity index (χ1n) is 5.96. The molecule has 0 saturated heterocycles. The molecule has 0 unspecified atom stereocenters. The predicted molar refractivity (Wildman–Crippen MR) is 75.3 cm³/mol. The van der Waals surface area contributed by atoms with Gasteiger partial charge in [-0.25, -0.2) is 4.39 Å². The number of hydrogen-bond acceptors (Lipinski definition) is 2. The zero-order valence-electron chi connectivity index (χ0n) is 10.8. The Labute approximate surface area is 117 Å². The topological polar surface area (TPSA) is 35.2 Å². The molecule has 0 aliphatic rings. The minimum atomic E-state index is -0.344. The van der Waals surface area contributed by atoms with Crippen LogP contribution in [-0.2, 0) is 0 Å². The molecule has 0 saturated carbocycles. The van der Waals surface area contributed by atoms with E-state index < -0.39 is 0 Å². The lowest BCUT2D eigenvalue weighted by Crippen LogP contribution is -2.04. The highest BCUT2D eigenvalue weighted by Crippen LogP contribution is 2.33. The summed E-state index contributed by atoms with van der Waals surface area (Å²) >= 11 is 6.14.